The summed E-state index contributed by atoms with van der Waals surface area (Å²) < 4.78 is 16.1. The van der Waals surface area contributed by atoms with E-state index in [0.717, 1.165) is 79.5 Å². The molecule has 10 N–H and O–H groups in total. The fourth-order valence-corrected chi connectivity index (χ4v) is 14.7. The number of benzene rings is 9. The summed E-state index contributed by atoms with van der Waals surface area (Å²) in [4.78, 5) is 60.3. The number of aromatic carboxylic acids is 1. The van der Waals surface area contributed by atoms with Crippen LogP contribution in [0.25, 0.3) is 30.6 Å². The topological polar surface area (TPSA) is 278 Å². The third-order valence-corrected chi connectivity index (χ3v) is 20.1. The van der Waals surface area contributed by atoms with Crippen LogP contribution in [0, 0.1) is 13.8 Å². The standard InChI is InChI=1S/C25H22N2O4S2.C22H19N3OS2.C16H13NO2S2.C6H8N2.Li.H2O/c1-30-23(28)18-7-3-16(4-8-18)14-26-20-11-12-21-22(13-20)33-25(27-21)32-15-17-5-9-19(10-6-17)24(29)31-2;1-14-6-11-19-20(12-14)28-22(25-19)27-13-15-7-9-16(10-8-15)21(26)24-18-5-3-2-4-17(18)23;1-10-2-7-13-14(8-10)21-16(17-13)20-9-11-3-5-12(6-4-11)15(18)19;7-5-3-1-2-4-6(5)8;;/h3-13,26H,14-15H2,1-2H3;2-12H,13,23H2,1H3,(H,24,26);2-8H,9H2,1H3,(H,18,19);1-4H,7-8H2;;1H2/q;;;;+1;/p-1. The molecule has 0 spiro atoms. The molecule has 23 heteroatoms. The predicted molar refractivity (Wildman–Crippen MR) is 376 cm³/mol. The minimum atomic E-state index is -0.893. The number of methoxy groups -OCH3 is 2. The van der Waals surface area contributed by atoms with Crippen LogP contribution in [0.15, 0.2) is 213 Å². The molecule has 0 unspecified atom stereocenters. The molecule has 16 nitrogen and oxygen atoms in total. The number of thiazole rings is 3. The van der Waals surface area contributed by atoms with Gasteiger partial charge >= 0.3 is 36.8 Å². The van der Waals surface area contributed by atoms with E-state index in [0.29, 0.717) is 51.5 Å². The van der Waals surface area contributed by atoms with Crippen LogP contribution in [-0.4, -0.2) is 63.6 Å². The molecule has 92 heavy (non-hydrogen) atoms. The molecule has 9 aromatic carbocycles. The first kappa shape index (κ1) is 70.8. The van der Waals surface area contributed by atoms with Crippen LogP contribution >= 0.6 is 69.3 Å². The van der Waals surface area contributed by atoms with Crippen molar-refractivity contribution >= 4 is 152 Å². The van der Waals surface area contributed by atoms with Gasteiger partial charge in [-0.05, 0) is 162 Å². The second-order valence-corrected chi connectivity index (χ2v) is 26.8. The number of aryl methyl sites for hydroxylation is 2. The first-order valence-electron chi connectivity index (χ1n) is 27.8. The monoisotopic (exact) mass is 1330 g/mol. The van der Waals surface area contributed by atoms with E-state index in [1.165, 1.54) is 34.7 Å². The third kappa shape index (κ3) is 20.4. The molecular formula is C69H63LiN8O8S6. The number of esters is 2. The molecule has 464 valence electrons. The maximum Gasteiger partial charge on any atom is 1.00 e. The van der Waals surface area contributed by atoms with E-state index in [-0.39, 0.29) is 42.2 Å². The Morgan fingerprint density at radius 3 is 1.24 bits per heavy atom. The van der Waals surface area contributed by atoms with Crippen LogP contribution in [0.5, 0.6) is 0 Å². The Kier molecular flexibility index (Phi) is 26.7. The van der Waals surface area contributed by atoms with Gasteiger partial charge in [0.05, 0.1) is 84.3 Å². The number of hydrogen-bond donors (Lipinski definition) is 6. The molecule has 0 aliphatic carbocycles. The van der Waals surface area contributed by atoms with E-state index in [2.05, 4.69) is 70.8 Å². The second-order valence-electron chi connectivity index (χ2n) is 20.0. The van der Waals surface area contributed by atoms with Gasteiger partial charge in [0.2, 0.25) is 0 Å². The summed E-state index contributed by atoms with van der Waals surface area (Å²) in [5, 5.41) is 15.1. The molecule has 3 aromatic heterocycles. The summed E-state index contributed by atoms with van der Waals surface area (Å²) in [5.41, 5.74) is 32.1. The number of aromatic nitrogens is 3. The van der Waals surface area contributed by atoms with E-state index in [4.69, 9.17) is 36.8 Å². The summed E-state index contributed by atoms with van der Waals surface area (Å²) in [6.45, 7) is 4.82. The fourth-order valence-electron chi connectivity index (χ4n) is 8.40. The van der Waals surface area contributed by atoms with Crippen molar-refractivity contribution in [1.82, 2.24) is 15.0 Å². The number of carbonyl (C=O) groups excluding carboxylic acids is 3. The van der Waals surface area contributed by atoms with Crippen LogP contribution in [-0.2, 0) is 33.3 Å². The van der Waals surface area contributed by atoms with Crippen molar-refractivity contribution in [3.63, 3.8) is 0 Å². The van der Waals surface area contributed by atoms with Crippen LogP contribution in [0.4, 0.5) is 28.4 Å². The van der Waals surface area contributed by atoms with Crippen molar-refractivity contribution in [2.75, 3.05) is 42.1 Å². The molecular weight excluding hydrogens is 1270 g/mol. The minimum Gasteiger partial charge on any atom is -0.870 e. The summed E-state index contributed by atoms with van der Waals surface area (Å²) in [6.07, 6.45) is 0. The zero-order valence-electron chi connectivity index (χ0n) is 50.7. The molecule has 3 heterocycles. The number of nitrogens with two attached hydrogens (primary N) is 3. The molecule has 0 saturated carbocycles. The Hall–Kier alpha value is -8.66. The average molecular weight is 1330 g/mol. The van der Waals surface area contributed by atoms with E-state index in [9.17, 15) is 19.2 Å². The number of amides is 1. The second kappa shape index (κ2) is 34.7. The number of anilines is 5. The van der Waals surface area contributed by atoms with E-state index >= 15 is 0 Å². The maximum absolute atomic E-state index is 12.4. The van der Waals surface area contributed by atoms with E-state index < -0.39 is 5.97 Å². The number of carboxylic acid groups (broad SMARTS) is 1. The van der Waals surface area contributed by atoms with E-state index in [1.54, 1.807) is 130 Å². The zero-order chi connectivity index (χ0) is 63.5. The van der Waals surface area contributed by atoms with Crippen molar-refractivity contribution < 1.29 is 58.1 Å². The molecule has 12 aromatic rings. The van der Waals surface area contributed by atoms with Gasteiger partial charge in [0.15, 0.2) is 13.0 Å². The molecule has 1 amide bonds. The van der Waals surface area contributed by atoms with Gasteiger partial charge in [-0.15, -0.1) is 34.0 Å². The zero-order valence-corrected chi connectivity index (χ0v) is 55.6. The van der Waals surface area contributed by atoms with Crippen LogP contribution in [0.2, 0.25) is 0 Å². The van der Waals surface area contributed by atoms with Crippen molar-refractivity contribution in [3.05, 3.63) is 256 Å². The predicted octanol–water partition coefficient (Wildman–Crippen LogP) is 13.8. The molecule has 0 aliphatic heterocycles. The SMILES string of the molecule is COC(=O)c1ccc(CNc2ccc3nc(SCc4ccc(C(=O)OC)cc4)sc3c2)cc1.Cc1ccc2nc(SCc3ccc(C(=O)Nc4ccccc4N)cc3)sc2c1.Cc1ccc2nc(SCc3ccc(C(=O)O)cc3)sc2c1.Nc1ccccc1N.[Li+].[OH-]. The summed E-state index contributed by atoms with van der Waals surface area (Å²) in [5.74, 6) is 0.647. The van der Waals surface area contributed by atoms with E-state index in [1.807, 2.05) is 103 Å². The normalized spacial score (nSPS) is 10.4. The first-order chi connectivity index (χ1) is 43.5. The number of nitrogen functional groups attached to an aromatic ring is 3. The number of hydrogen-bond acceptors (Lipinski definition) is 20. The summed E-state index contributed by atoms with van der Waals surface area (Å²) in [6, 6.07) is 62.6. The van der Waals surface area contributed by atoms with Crippen LogP contribution < -0.4 is 46.7 Å². The number of carbonyl (C=O) groups is 4. The third-order valence-electron chi connectivity index (χ3n) is 13.4. The molecule has 0 saturated heterocycles. The Labute approximate surface area is 569 Å². The Bertz CT molecular complexity index is 4350. The van der Waals surface area contributed by atoms with Crippen LogP contribution in [0.3, 0.4) is 0 Å². The molecule has 0 radical (unpaired) electrons. The molecule has 12 rings (SSSR count). The minimum absolute atomic E-state index is 0. The Balaban J connectivity index is 0.000000185. The summed E-state index contributed by atoms with van der Waals surface area (Å²) in [7, 11) is 2.75. The van der Waals surface area contributed by atoms with Gasteiger partial charge in [-0.3, -0.25) is 4.79 Å². The Morgan fingerprint density at radius 2 is 0.837 bits per heavy atom. The van der Waals surface area contributed by atoms with Crippen LogP contribution in [0.1, 0.15) is 74.8 Å². The quantitative estimate of drug-likeness (QED) is 0.0214. The molecule has 0 bridgehead atoms. The average Bonchev–Trinajstić information content (AvgIpc) is 1.90. The van der Waals surface area contributed by atoms with Gasteiger partial charge in [0.25, 0.3) is 5.91 Å². The number of ether oxygens (including phenoxy) is 2. The number of nitrogens with zero attached hydrogens (tertiary/aromatic N) is 3. The maximum atomic E-state index is 12.4. The number of thioether (sulfide) groups is 3. The number of nitrogens with one attached hydrogen (secondary N) is 2. The number of para-hydroxylation sites is 4. The first-order valence-corrected chi connectivity index (χ1v) is 33.3. The van der Waals surface area contributed by atoms with Gasteiger partial charge in [-0.1, -0.05) is 120 Å². The van der Waals surface area contributed by atoms with Gasteiger partial charge in [-0.2, -0.15) is 0 Å². The summed E-state index contributed by atoms with van der Waals surface area (Å²) >= 11 is 10.1. The Morgan fingerprint density at radius 1 is 0.467 bits per heavy atom. The van der Waals surface area contributed by atoms with Gasteiger partial charge in [-0.25, -0.2) is 29.3 Å². The number of rotatable bonds is 17. The van der Waals surface area contributed by atoms with Gasteiger partial charge in [0.1, 0.15) is 0 Å². The number of carboxylic acids is 1. The van der Waals surface area contributed by atoms with Crippen molar-refractivity contribution in [1.29, 1.82) is 0 Å². The van der Waals surface area contributed by atoms with Crippen molar-refractivity contribution in [2.45, 2.75) is 50.7 Å². The molecule has 0 atom stereocenters. The van der Waals surface area contributed by atoms with Crippen molar-refractivity contribution in [3.8, 4) is 0 Å². The smallest absolute Gasteiger partial charge is 0.870 e. The van der Waals surface area contributed by atoms with Crippen molar-refractivity contribution in [2.24, 2.45) is 0 Å². The molecule has 0 fully saturated rings. The van der Waals surface area contributed by atoms with Gasteiger partial charge in [0, 0.05) is 35.1 Å². The largest absolute Gasteiger partial charge is 1.00 e. The number of fused-ring (bicyclic) bond motifs is 3. The van der Waals surface area contributed by atoms with Gasteiger partial charge < -0.3 is 47.9 Å². The fraction of sp³-hybridized carbons (Fsp3) is 0.116. The molecule has 0 aliphatic rings.